The van der Waals surface area contributed by atoms with Crippen LogP contribution in [0.5, 0.6) is 5.75 Å². The van der Waals surface area contributed by atoms with Crippen LogP contribution in [0.3, 0.4) is 0 Å². The van der Waals surface area contributed by atoms with E-state index < -0.39 is 11.5 Å². The molecular formula is C35H42ClFN4O5. The van der Waals surface area contributed by atoms with Crippen molar-refractivity contribution in [2.45, 2.75) is 34.2 Å². The van der Waals surface area contributed by atoms with Gasteiger partial charge in [-0.1, -0.05) is 51.4 Å². The molecule has 0 unspecified atom stereocenters. The fourth-order valence-electron chi connectivity index (χ4n) is 5.11. The molecular weight excluding hydrogens is 611 g/mol. The lowest BCUT2D eigenvalue weighted by atomic mass is 10.0. The van der Waals surface area contributed by atoms with Crippen molar-refractivity contribution in [1.82, 2.24) is 14.8 Å². The number of aromatic nitrogens is 1. The molecule has 46 heavy (non-hydrogen) atoms. The van der Waals surface area contributed by atoms with Crippen LogP contribution in [0.15, 0.2) is 71.5 Å². The number of benzene rings is 3. The predicted octanol–water partition coefficient (Wildman–Crippen LogP) is 6.20. The van der Waals surface area contributed by atoms with Gasteiger partial charge in [-0.15, -0.1) is 0 Å². The smallest absolute Gasteiger partial charge is 0.347 e. The molecule has 0 spiro atoms. The zero-order valence-corrected chi connectivity index (χ0v) is 28.0. The summed E-state index contributed by atoms with van der Waals surface area (Å²) in [5.74, 6) is -0.628. The highest BCUT2D eigenvalue weighted by atomic mass is 35.5. The first-order chi connectivity index (χ1) is 22.3. The third-order valence-electron chi connectivity index (χ3n) is 7.23. The first-order valence-corrected chi connectivity index (χ1v) is 15.8. The van der Waals surface area contributed by atoms with E-state index in [1.54, 1.807) is 73.7 Å². The van der Waals surface area contributed by atoms with Crippen molar-refractivity contribution in [3.63, 3.8) is 0 Å². The number of carbonyl (C=O) groups is 2. The summed E-state index contributed by atoms with van der Waals surface area (Å²) in [6.07, 6.45) is 0. The molecule has 1 aliphatic rings. The van der Waals surface area contributed by atoms with Crippen LogP contribution in [0.4, 0.5) is 10.1 Å². The lowest BCUT2D eigenvalue weighted by Gasteiger charge is -2.37. The molecule has 0 aliphatic carbocycles. The van der Waals surface area contributed by atoms with E-state index in [2.05, 4.69) is 5.32 Å². The first kappa shape index (κ1) is 36.1. The van der Waals surface area contributed by atoms with Gasteiger partial charge in [0.05, 0.1) is 24.9 Å². The fourth-order valence-corrected chi connectivity index (χ4v) is 5.29. The Balaban J connectivity index is 0.00000139. The Labute approximate surface area is 274 Å². The van der Waals surface area contributed by atoms with E-state index in [4.69, 9.17) is 21.1 Å². The zero-order valence-electron chi connectivity index (χ0n) is 27.2. The predicted molar refractivity (Wildman–Crippen MR) is 182 cm³/mol. The van der Waals surface area contributed by atoms with Crippen molar-refractivity contribution in [3.05, 3.63) is 105 Å². The van der Waals surface area contributed by atoms with E-state index in [9.17, 15) is 18.8 Å². The largest absolute Gasteiger partial charge is 0.497 e. The number of fused-ring (bicyclic) bond motifs is 1. The van der Waals surface area contributed by atoms with Gasteiger partial charge in [-0.05, 0) is 67.2 Å². The van der Waals surface area contributed by atoms with Crippen molar-refractivity contribution in [2.24, 2.45) is 0 Å². The Hall–Kier alpha value is -4.41. The molecule has 1 saturated heterocycles. The number of hydrogen-bond acceptors (Lipinski definition) is 7. The highest BCUT2D eigenvalue weighted by Crippen LogP contribution is 2.33. The Kier molecular flexibility index (Phi) is 13.6. The molecule has 1 N–H and O–H groups in total. The Morgan fingerprint density at radius 2 is 1.54 bits per heavy atom. The summed E-state index contributed by atoms with van der Waals surface area (Å²) in [7, 11) is 3.19. The SMILES string of the molecule is CC.CC.CNCOC(=O)c1c(N2CCN(C(=O)c3ccc(OC)cc3)CC2)c2cc(Cl)ccc2n(Cc2ccc(F)cc2)c1=O. The van der Waals surface area contributed by atoms with Crippen LogP contribution in [0.2, 0.25) is 5.02 Å². The summed E-state index contributed by atoms with van der Waals surface area (Å²) >= 11 is 6.43. The monoisotopic (exact) mass is 652 g/mol. The third kappa shape index (κ3) is 8.24. The Bertz CT molecular complexity index is 1670. The number of anilines is 1. The number of amides is 1. The molecule has 2 heterocycles. The Morgan fingerprint density at radius 3 is 2.13 bits per heavy atom. The van der Waals surface area contributed by atoms with Crippen molar-refractivity contribution >= 4 is 40.1 Å². The van der Waals surface area contributed by atoms with Gasteiger partial charge in [0, 0.05) is 42.2 Å². The first-order valence-electron chi connectivity index (χ1n) is 15.4. The van der Waals surface area contributed by atoms with E-state index in [0.717, 1.165) is 0 Å². The molecule has 5 rings (SSSR count). The normalized spacial score (nSPS) is 12.4. The average Bonchev–Trinajstić information content (AvgIpc) is 3.10. The van der Waals surface area contributed by atoms with E-state index in [-0.39, 0.29) is 30.6 Å². The maximum Gasteiger partial charge on any atom is 0.347 e. The highest BCUT2D eigenvalue weighted by Gasteiger charge is 2.30. The number of methoxy groups -OCH3 is 1. The second-order valence-corrected chi connectivity index (χ2v) is 10.3. The molecule has 246 valence electrons. The number of esters is 1. The summed E-state index contributed by atoms with van der Waals surface area (Å²) < 4.78 is 25.6. The molecule has 0 radical (unpaired) electrons. The van der Waals surface area contributed by atoms with Crippen LogP contribution in [0.1, 0.15) is 54.0 Å². The number of nitrogens with zero attached hydrogens (tertiary/aromatic N) is 3. The summed E-state index contributed by atoms with van der Waals surface area (Å²) in [4.78, 5) is 44.3. The number of piperazine rings is 1. The number of rotatable bonds is 8. The Morgan fingerprint density at radius 1 is 0.913 bits per heavy atom. The van der Waals surface area contributed by atoms with Gasteiger partial charge >= 0.3 is 5.97 Å². The van der Waals surface area contributed by atoms with Crippen molar-refractivity contribution in [3.8, 4) is 5.75 Å². The van der Waals surface area contributed by atoms with Crippen molar-refractivity contribution < 1.29 is 23.5 Å². The van der Waals surface area contributed by atoms with E-state index in [0.29, 0.717) is 64.7 Å². The summed E-state index contributed by atoms with van der Waals surface area (Å²) in [5.41, 5.74) is 1.53. The number of ether oxygens (including phenoxy) is 2. The van der Waals surface area contributed by atoms with Crippen molar-refractivity contribution in [1.29, 1.82) is 0 Å². The molecule has 0 bridgehead atoms. The van der Waals surface area contributed by atoms with E-state index in [1.807, 2.05) is 32.6 Å². The topological polar surface area (TPSA) is 93.1 Å². The molecule has 0 saturated carbocycles. The average molecular weight is 653 g/mol. The fraction of sp³-hybridized carbons (Fsp3) is 0.343. The van der Waals surface area contributed by atoms with Gasteiger partial charge in [0.1, 0.15) is 23.9 Å². The van der Waals surface area contributed by atoms with E-state index in [1.165, 1.54) is 16.7 Å². The van der Waals surface area contributed by atoms with Crippen LogP contribution in [-0.2, 0) is 11.3 Å². The maximum atomic E-state index is 14.1. The lowest BCUT2D eigenvalue weighted by Crippen LogP contribution is -2.49. The van der Waals surface area contributed by atoms with Crippen LogP contribution in [0, 0.1) is 5.82 Å². The number of halogens is 2. The zero-order chi connectivity index (χ0) is 33.8. The van der Waals surface area contributed by atoms with E-state index >= 15 is 0 Å². The summed E-state index contributed by atoms with van der Waals surface area (Å²) in [5, 5.41) is 3.78. The third-order valence-corrected chi connectivity index (χ3v) is 7.46. The number of carbonyl (C=O) groups excluding carboxylic acids is 2. The minimum atomic E-state index is -0.782. The van der Waals surface area contributed by atoms with Gasteiger partial charge in [0.25, 0.3) is 11.5 Å². The number of pyridine rings is 1. The molecule has 1 aliphatic heterocycles. The summed E-state index contributed by atoms with van der Waals surface area (Å²) in [6.45, 7) is 9.50. The summed E-state index contributed by atoms with van der Waals surface area (Å²) in [6, 6.07) is 17.9. The van der Waals surface area contributed by atoms with Crippen molar-refractivity contribution in [2.75, 3.05) is 52.0 Å². The minimum absolute atomic E-state index is 0.0899. The standard InChI is InChI=1S/C31H30ClFN4O5.2C2H6/c1-34-19-42-31(40)27-28(35-13-15-36(16-14-35)29(38)21-5-10-24(41-2)11-6-21)25-17-22(32)7-12-26(25)37(30(27)39)18-20-3-8-23(33)9-4-20;2*1-2/h3-12,17,34H,13-16,18-19H2,1-2H3;2*1-2H3. The molecule has 1 amide bonds. The highest BCUT2D eigenvalue weighted by molar-refractivity contribution is 6.31. The molecule has 0 atom stereocenters. The van der Waals surface area contributed by atoms with Crippen LogP contribution in [0.25, 0.3) is 10.9 Å². The van der Waals surface area contributed by atoms with Crippen LogP contribution >= 0.6 is 11.6 Å². The molecule has 1 fully saturated rings. The van der Waals surface area contributed by atoms with Gasteiger partial charge in [-0.25, -0.2) is 9.18 Å². The molecule has 9 nitrogen and oxygen atoms in total. The van der Waals surface area contributed by atoms with Gasteiger partial charge in [0.2, 0.25) is 0 Å². The quantitative estimate of drug-likeness (QED) is 0.179. The molecule has 3 aromatic carbocycles. The van der Waals surface area contributed by atoms with Crippen LogP contribution in [-0.4, -0.2) is 68.4 Å². The van der Waals surface area contributed by atoms with Gasteiger partial charge in [-0.2, -0.15) is 0 Å². The second kappa shape index (κ2) is 17.3. The number of nitrogens with one attached hydrogen (secondary N) is 1. The molecule has 4 aromatic rings. The van der Waals surface area contributed by atoms with Gasteiger partial charge in [0.15, 0.2) is 0 Å². The number of hydrogen-bond donors (Lipinski definition) is 1. The molecule has 1 aromatic heterocycles. The minimum Gasteiger partial charge on any atom is -0.497 e. The molecule has 11 heteroatoms. The van der Waals surface area contributed by atoms with Crippen LogP contribution < -0.4 is 20.5 Å². The van der Waals surface area contributed by atoms with Gasteiger partial charge in [-0.3, -0.25) is 14.9 Å². The maximum absolute atomic E-state index is 14.1. The second-order valence-electron chi connectivity index (χ2n) is 9.84. The van der Waals surface area contributed by atoms with Gasteiger partial charge < -0.3 is 23.8 Å². The lowest BCUT2D eigenvalue weighted by molar-refractivity contribution is 0.0479.